The standard InChI is InChI=1S/C27H35N5O/c1-27-15-18-13-19(16-27)25(20(14-18)17-27)30-26(33)23-3-2-4-24(29-23)32-11-9-31(10-12-32)22-7-5-21(28)6-8-22/h2-8,18-20,25H,9-17,28H2,1H3,(H,30,33). The number of piperazine rings is 1. The Morgan fingerprint density at radius 3 is 2.30 bits per heavy atom. The fourth-order valence-electron chi connectivity index (χ4n) is 7.50. The van der Waals surface area contributed by atoms with Gasteiger partial charge in [-0.2, -0.15) is 0 Å². The maximum absolute atomic E-state index is 13.2. The minimum absolute atomic E-state index is 0.0000122. The number of aromatic nitrogens is 1. The lowest BCUT2D eigenvalue weighted by Crippen LogP contribution is -2.58. The largest absolute Gasteiger partial charge is 0.399 e. The molecule has 1 amide bonds. The van der Waals surface area contributed by atoms with E-state index in [0.29, 0.717) is 29.0 Å². The highest BCUT2D eigenvalue weighted by Crippen LogP contribution is 2.59. The molecule has 5 fully saturated rings. The third-order valence-corrected chi connectivity index (χ3v) is 8.71. The van der Waals surface area contributed by atoms with Crippen LogP contribution in [0.2, 0.25) is 0 Å². The fraction of sp³-hybridized carbons (Fsp3) is 0.556. The highest BCUT2D eigenvalue weighted by molar-refractivity contribution is 5.93. The molecule has 4 saturated carbocycles. The normalized spacial score (nSPS) is 32.8. The van der Waals surface area contributed by atoms with Crippen molar-refractivity contribution in [2.75, 3.05) is 41.7 Å². The van der Waals surface area contributed by atoms with Gasteiger partial charge in [-0.3, -0.25) is 4.79 Å². The minimum atomic E-state index is -0.0000122. The molecule has 2 heterocycles. The number of carbonyl (C=O) groups excluding carboxylic acids is 1. The number of rotatable bonds is 4. The van der Waals surface area contributed by atoms with E-state index in [9.17, 15) is 4.79 Å². The van der Waals surface area contributed by atoms with Crippen LogP contribution in [0.3, 0.4) is 0 Å². The minimum Gasteiger partial charge on any atom is -0.399 e. The number of nitrogen functional groups attached to an aromatic ring is 1. The summed E-state index contributed by atoms with van der Waals surface area (Å²) in [5.74, 6) is 3.08. The summed E-state index contributed by atoms with van der Waals surface area (Å²) in [4.78, 5) is 22.6. The molecule has 4 bridgehead atoms. The van der Waals surface area contributed by atoms with Crippen molar-refractivity contribution in [1.82, 2.24) is 10.3 Å². The van der Waals surface area contributed by atoms with Gasteiger partial charge in [0, 0.05) is 43.6 Å². The van der Waals surface area contributed by atoms with Gasteiger partial charge in [0.05, 0.1) is 0 Å². The Kier molecular flexibility index (Phi) is 5.00. The van der Waals surface area contributed by atoms with Crippen LogP contribution in [0.25, 0.3) is 0 Å². The lowest BCUT2D eigenvalue weighted by atomic mass is 9.48. The Labute approximate surface area is 196 Å². The zero-order chi connectivity index (χ0) is 22.6. The molecule has 7 rings (SSSR count). The van der Waals surface area contributed by atoms with Gasteiger partial charge in [-0.25, -0.2) is 4.98 Å². The second kappa shape index (κ2) is 7.93. The van der Waals surface area contributed by atoms with Gasteiger partial charge in [0.15, 0.2) is 0 Å². The van der Waals surface area contributed by atoms with E-state index in [1.807, 2.05) is 30.3 Å². The number of nitrogens with one attached hydrogen (secondary N) is 1. The van der Waals surface area contributed by atoms with Gasteiger partial charge in [0.25, 0.3) is 5.91 Å². The molecule has 2 unspecified atom stereocenters. The zero-order valence-corrected chi connectivity index (χ0v) is 19.5. The lowest BCUT2D eigenvalue weighted by Gasteiger charge is -2.59. The molecule has 5 aliphatic rings. The van der Waals surface area contributed by atoms with Crippen LogP contribution in [0.1, 0.15) is 49.5 Å². The van der Waals surface area contributed by atoms with E-state index in [0.717, 1.165) is 43.6 Å². The summed E-state index contributed by atoms with van der Waals surface area (Å²) in [5, 5.41) is 3.42. The molecule has 174 valence electrons. The van der Waals surface area contributed by atoms with Crippen molar-refractivity contribution in [3.8, 4) is 0 Å². The first-order chi connectivity index (χ1) is 16.0. The molecule has 33 heavy (non-hydrogen) atoms. The first-order valence-corrected chi connectivity index (χ1v) is 12.6. The van der Waals surface area contributed by atoms with Crippen LogP contribution < -0.4 is 20.9 Å². The van der Waals surface area contributed by atoms with Gasteiger partial charge in [0.1, 0.15) is 11.5 Å². The molecule has 0 spiro atoms. The van der Waals surface area contributed by atoms with E-state index in [1.54, 1.807) is 0 Å². The Morgan fingerprint density at radius 1 is 0.970 bits per heavy atom. The average molecular weight is 446 g/mol. The fourth-order valence-corrected chi connectivity index (χ4v) is 7.50. The summed E-state index contributed by atoms with van der Waals surface area (Å²) in [6.07, 6.45) is 6.54. The molecule has 6 heteroatoms. The Balaban J connectivity index is 1.10. The van der Waals surface area contributed by atoms with E-state index in [1.165, 1.54) is 37.8 Å². The van der Waals surface area contributed by atoms with Crippen LogP contribution in [0, 0.1) is 23.2 Å². The number of carbonyl (C=O) groups is 1. The van der Waals surface area contributed by atoms with E-state index in [2.05, 4.69) is 34.2 Å². The molecular formula is C27H35N5O. The molecule has 3 N–H and O–H groups in total. The van der Waals surface area contributed by atoms with Gasteiger partial charge in [-0.05, 0) is 91.7 Å². The van der Waals surface area contributed by atoms with Gasteiger partial charge in [0.2, 0.25) is 0 Å². The Morgan fingerprint density at radius 2 is 1.64 bits per heavy atom. The molecular weight excluding hydrogens is 410 g/mol. The monoisotopic (exact) mass is 445 g/mol. The van der Waals surface area contributed by atoms with Crippen LogP contribution in [-0.2, 0) is 0 Å². The molecule has 2 atom stereocenters. The average Bonchev–Trinajstić information content (AvgIpc) is 2.81. The maximum atomic E-state index is 13.2. The third-order valence-electron chi connectivity index (χ3n) is 8.71. The Bertz CT molecular complexity index is 1010. The zero-order valence-electron chi connectivity index (χ0n) is 19.5. The van der Waals surface area contributed by atoms with Crippen molar-refractivity contribution in [2.45, 2.75) is 45.1 Å². The molecule has 1 aromatic heterocycles. The summed E-state index contributed by atoms with van der Waals surface area (Å²) in [6.45, 7) is 6.08. The molecule has 0 radical (unpaired) electrons. The second-order valence-electron chi connectivity index (χ2n) is 11.2. The smallest absolute Gasteiger partial charge is 0.270 e. The van der Waals surface area contributed by atoms with Gasteiger partial charge in [-0.1, -0.05) is 13.0 Å². The third kappa shape index (κ3) is 3.94. The number of hydrogen-bond donors (Lipinski definition) is 2. The van der Waals surface area contributed by atoms with Gasteiger partial charge >= 0.3 is 0 Å². The summed E-state index contributed by atoms with van der Waals surface area (Å²) in [5.41, 5.74) is 8.89. The second-order valence-corrected chi connectivity index (χ2v) is 11.2. The highest BCUT2D eigenvalue weighted by Gasteiger charge is 2.53. The maximum Gasteiger partial charge on any atom is 0.270 e. The number of amides is 1. The van der Waals surface area contributed by atoms with Crippen molar-refractivity contribution < 1.29 is 4.79 Å². The van der Waals surface area contributed by atoms with Crippen molar-refractivity contribution in [2.24, 2.45) is 23.2 Å². The van der Waals surface area contributed by atoms with Crippen LogP contribution >= 0.6 is 0 Å². The SMILES string of the molecule is CC12CC3CC(C1)C(NC(=O)c1cccc(N4CCN(c5ccc(N)cc5)CC4)n1)C(C3)C2. The van der Waals surface area contributed by atoms with Gasteiger partial charge < -0.3 is 20.9 Å². The Hall–Kier alpha value is -2.76. The van der Waals surface area contributed by atoms with Crippen molar-refractivity contribution in [1.29, 1.82) is 0 Å². The lowest BCUT2D eigenvalue weighted by molar-refractivity contribution is -0.0641. The highest BCUT2D eigenvalue weighted by atomic mass is 16.2. The van der Waals surface area contributed by atoms with E-state index in [4.69, 9.17) is 10.7 Å². The van der Waals surface area contributed by atoms with E-state index >= 15 is 0 Å². The number of nitrogens with two attached hydrogens (primary N) is 1. The van der Waals surface area contributed by atoms with Crippen LogP contribution in [0.4, 0.5) is 17.2 Å². The summed E-state index contributed by atoms with van der Waals surface area (Å²) >= 11 is 0. The number of anilines is 3. The molecule has 2 aromatic rings. The summed E-state index contributed by atoms with van der Waals surface area (Å²) in [6, 6.07) is 14.3. The first-order valence-electron chi connectivity index (χ1n) is 12.6. The van der Waals surface area contributed by atoms with Crippen molar-refractivity contribution in [3.63, 3.8) is 0 Å². The summed E-state index contributed by atoms with van der Waals surface area (Å²) < 4.78 is 0. The van der Waals surface area contributed by atoms with Gasteiger partial charge in [-0.15, -0.1) is 0 Å². The van der Waals surface area contributed by atoms with Crippen molar-refractivity contribution >= 4 is 23.1 Å². The molecule has 1 aromatic carbocycles. The predicted octanol–water partition coefficient (Wildman–Crippen LogP) is 3.94. The first kappa shape index (κ1) is 20.8. The predicted molar refractivity (Wildman–Crippen MR) is 132 cm³/mol. The topological polar surface area (TPSA) is 74.5 Å². The molecule has 4 aliphatic carbocycles. The molecule has 1 aliphatic heterocycles. The number of benzene rings is 1. The molecule has 1 saturated heterocycles. The van der Waals surface area contributed by atoms with Crippen LogP contribution in [0.5, 0.6) is 0 Å². The molecule has 6 nitrogen and oxygen atoms in total. The number of pyridine rings is 1. The number of hydrogen-bond acceptors (Lipinski definition) is 5. The van der Waals surface area contributed by atoms with Crippen LogP contribution in [-0.4, -0.2) is 43.1 Å². The van der Waals surface area contributed by atoms with E-state index in [-0.39, 0.29) is 5.91 Å². The quantitative estimate of drug-likeness (QED) is 0.698. The van der Waals surface area contributed by atoms with Crippen LogP contribution in [0.15, 0.2) is 42.5 Å². The number of nitrogens with zero attached hydrogens (tertiary/aromatic N) is 3. The summed E-state index contributed by atoms with van der Waals surface area (Å²) in [7, 11) is 0. The van der Waals surface area contributed by atoms with Crippen molar-refractivity contribution in [3.05, 3.63) is 48.2 Å². The van der Waals surface area contributed by atoms with E-state index < -0.39 is 0 Å².